The van der Waals surface area contributed by atoms with Gasteiger partial charge in [0.05, 0.1) is 12.7 Å². The summed E-state index contributed by atoms with van der Waals surface area (Å²) in [6.45, 7) is 0.153. The van der Waals surface area contributed by atoms with Crippen molar-refractivity contribution in [2.45, 2.75) is 6.42 Å². The summed E-state index contributed by atoms with van der Waals surface area (Å²) in [6.07, 6.45) is 0.0842. The number of halogens is 1. The quantitative estimate of drug-likeness (QED) is 0.614. The zero-order valence-corrected chi connectivity index (χ0v) is 15.6. The molecular formula is C19H16ClN3O5. The summed E-state index contributed by atoms with van der Waals surface area (Å²) in [6, 6.07) is 11.1. The molecule has 0 radical (unpaired) electrons. The van der Waals surface area contributed by atoms with Crippen molar-refractivity contribution in [1.29, 1.82) is 0 Å². The minimum Gasteiger partial charge on any atom is -0.465 e. The van der Waals surface area contributed by atoms with Gasteiger partial charge in [0.2, 0.25) is 5.91 Å². The minimum atomic E-state index is -0.452. The third kappa shape index (κ3) is 4.66. The predicted molar refractivity (Wildman–Crippen MR) is 102 cm³/mol. The molecule has 1 heterocycles. The van der Waals surface area contributed by atoms with E-state index in [4.69, 9.17) is 16.0 Å². The molecule has 3 rings (SSSR count). The number of hydrogen-bond acceptors (Lipinski definition) is 6. The van der Waals surface area contributed by atoms with Crippen molar-refractivity contribution in [2.24, 2.45) is 0 Å². The van der Waals surface area contributed by atoms with E-state index in [9.17, 15) is 14.4 Å². The zero-order chi connectivity index (χ0) is 20.1. The van der Waals surface area contributed by atoms with Crippen LogP contribution in [0, 0.1) is 0 Å². The van der Waals surface area contributed by atoms with Crippen LogP contribution < -0.4 is 10.6 Å². The largest absolute Gasteiger partial charge is 0.465 e. The Kier molecular flexibility index (Phi) is 5.90. The Bertz CT molecular complexity index is 1030. The SMILES string of the molecule is COC(=O)c1ccc(NC(=O)CCNC(=O)c2ccc3nc(Cl)oc3c2)cc1. The Hall–Kier alpha value is -3.39. The second kappa shape index (κ2) is 8.53. The lowest BCUT2D eigenvalue weighted by Crippen LogP contribution is -2.27. The molecule has 0 spiro atoms. The summed E-state index contributed by atoms with van der Waals surface area (Å²) in [7, 11) is 1.30. The Morgan fingerprint density at radius 2 is 1.82 bits per heavy atom. The van der Waals surface area contributed by atoms with E-state index in [1.807, 2.05) is 0 Å². The molecule has 3 aromatic rings. The normalized spacial score (nSPS) is 10.5. The molecule has 0 aliphatic rings. The van der Waals surface area contributed by atoms with E-state index in [0.29, 0.717) is 27.9 Å². The predicted octanol–water partition coefficient (Wildman–Crippen LogP) is 3.03. The molecule has 2 amide bonds. The number of oxazole rings is 1. The average molecular weight is 402 g/mol. The highest BCUT2D eigenvalue weighted by Gasteiger charge is 2.11. The van der Waals surface area contributed by atoms with Gasteiger partial charge in [0.25, 0.3) is 11.3 Å². The van der Waals surface area contributed by atoms with Crippen molar-refractivity contribution in [3.63, 3.8) is 0 Å². The highest BCUT2D eigenvalue weighted by molar-refractivity contribution is 6.28. The minimum absolute atomic E-state index is 0.00356. The molecule has 8 nitrogen and oxygen atoms in total. The fourth-order valence-corrected chi connectivity index (χ4v) is 2.63. The maximum absolute atomic E-state index is 12.2. The van der Waals surface area contributed by atoms with Gasteiger partial charge in [-0.1, -0.05) is 0 Å². The maximum atomic E-state index is 12.2. The van der Waals surface area contributed by atoms with Crippen LogP contribution in [0.15, 0.2) is 46.9 Å². The van der Waals surface area contributed by atoms with Crippen molar-refractivity contribution in [1.82, 2.24) is 10.3 Å². The van der Waals surface area contributed by atoms with E-state index in [1.165, 1.54) is 13.2 Å². The van der Waals surface area contributed by atoms with Crippen LogP contribution in [0.2, 0.25) is 5.35 Å². The number of nitrogens with one attached hydrogen (secondary N) is 2. The number of carbonyl (C=O) groups excluding carboxylic acids is 3. The molecule has 2 aromatic carbocycles. The van der Waals surface area contributed by atoms with Crippen LogP contribution in [-0.4, -0.2) is 36.4 Å². The number of methoxy groups -OCH3 is 1. The van der Waals surface area contributed by atoms with Gasteiger partial charge < -0.3 is 19.8 Å². The Morgan fingerprint density at radius 1 is 1.11 bits per heavy atom. The molecule has 0 saturated heterocycles. The monoisotopic (exact) mass is 401 g/mol. The van der Waals surface area contributed by atoms with E-state index in [1.54, 1.807) is 36.4 Å². The van der Waals surface area contributed by atoms with Crippen molar-refractivity contribution < 1.29 is 23.5 Å². The average Bonchev–Trinajstić information content (AvgIpc) is 3.07. The van der Waals surface area contributed by atoms with Gasteiger partial charge in [0.15, 0.2) is 5.58 Å². The van der Waals surface area contributed by atoms with Gasteiger partial charge in [-0.25, -0.2) is 4.79 Å². The van der Waals surface area contributed by atoms with Crippen LogP contribution in [0.3, 0.4) is 0 Å². The van der Waals surface area contributed by atoms with Crippen LogP contribution >= 0.6 is 11.6 Å². The highest BCUT2D eigenvalue weighted by Crippen LogP contribution is 2.20. The molecule has 144 valence electrons. The van der Waals surface area contributed by atoms with Gasteiger partial charge in [0, 0.05) is 24.2 Å². The van der Waals surface area contributed by atoms with E-state index in [-0.39, 0.29) is 30.1 Å². The third-order valence-corrected chi connectivity index (χ3v) is 4.01. The second-order valence-corrected chi connectivity index (χ2v) is 6.10. The first-order valence-electron chi connectivity index (χ1n) is 8.29. The molecule has 0 aliphatic carbocycles. The van der Waals surface area contributed by atoms with E-state index in [0.717, 1.165) is 0 Å². The number of rotatable bonds is 6. The number of anilines is 1. The van der Waals surface area contributed by atoms with Gasteiger partial charge in [-0.05, 0) is 54.1 Å². The lowest BCUT2D eigenvalue weighted by atomic mass is 10.2. The fraction of sp³-hybridized carbons (Fsp3) is 0.158. The molecule has 0 aliphatic heterocycles. The lowest BCUT2D eigenvalue weighted by molar-refractivity contribution is -0.116. The molecule has 9 heteroatoms. The van der Waals surface area contributed by atoms with Crippen LogP contribution in [0.25, 0.3) is 11.1 Å². The number of esters is 1. The summed E-state index contributed by atoms with van der Waals surface area (Å²) in [5, 5.41) is 5.35. The number of benzene rings is 2. The number of carbonyl (C=O) groups is 3. The molecule has 0 fully saturated rings. The van der Waals surface area contributed by atoms with Crippen LogP contribution in [0.4, 0.5) is 5.69 Å². The fourth-order valence-electron chi connectivity index (χ4n) is 2.46. The Morgan fingerprint density at radius 3 is 2.54 bits per heavy atom. The molecule has 2 N–H and O–H groups in total. The van der Waals surface area contributed by atoms with Crippen molar-refractivity contribution in [3.8, 4) is 0 Å². The molecule has 1 aromatic heterocycles. The number of hydrogen-bond donors (Lipinski definition) is 2. The van der Waals surface area contributed by atoms with Gasteiger partial charge in [0.1, 0.15) is 5.52 Å². The highest BCUT2D eigenvalue weighted by atomic mass is 35.5. The first-order valence-corrected chi connectivity index (χ1v) is 8.66. The Labute approximate surface area is 164 Å². The smallest absolute Gasteiger partial charge is 0.337 e. The summed E-state index contributed by atoms with van der Waals surface area (Å²) in [5.41, 5.74) is 2.26. The first-order chi connectivity index (χ1) is 13.5. The van der Waals surface area contributed by atoms with Crippen molar-refractivity contribution in [2.75, 3.05) is 19.0 Å². The summed E-state index contributed by atoms with van der Waals surface area (Å²) < 4.78 is 9.79. The van der Waals surface area contributed by atoms with Crippen molar-refractivity contribution in [3.05, 3.63) is 58.9 Å². The summed E-state index contributed by atoms with van der Waals surface area (Å²) >= 11 is 5.69. The zero-order valence-electron chi connectivity index (χ0n) is 14.8. The first kappa shape index (κ1) is 19.4. The van der Waals surface area contributed by atoms with E-state index < -0.39 is 5.97 Å². The van der Waals surface area contributed by atoms with E-state index >= 15 is 0 Å². The van der Waals surface area contributed by atoms with Gasteiger partial charge >= 0.3 is 5.97 Å². The van der Waals surface area contributed by atoms with E-state index in [2.05, 4.69) is 20.4 Å². The van der Waals surface area contributed by atoms with Crippen LogP contribution in [0.5, 0.6) is 0 Å². The van der Waals surface area contributed by atoms with Gasteiger partial charge in [-0.2, -0.15) is 4.98 Å². The van der Waals surface area contributed by atoms with Crippen LogP contribution in [-0.2, 0) is 9.53 Å². The Balaban J connectivity index is 1.48. The number of nitrogens with zero attached hydrogens (tertiary/aromatic N) is 1. The number of amides is 2. The maximum Gasteiger partial charge on any atom is 0.337 e. The molecule has 0 bridgehead atoms. The van der Waals surface area contributed by atoms with Gasteiger partial charge in [-0.3, -0.25) is 9.59 Å². The number of aromatic nitrogens is 1. The third-order valence-electron chi connectivity index (χ3n) is 3.85. The molecule has 0 atom stereocenters. The number of fused-ring (bicyclic) bond motifs is 1. The second-order valence-electron chi connectivity index (χ2n) is 5.77. The number of ether oxygens (including phenoxy) is 1. The van der Waals surface area contributed by atoms with Gasteiger partial charge in [-0.15, -0.1) is 0 Å². The topological polar surface area (TPSA) is 111 Å². The molecular weight excluding hydrogens is 386 g/mol. The summed E-state index contributed by atoms with van der Waals surface area (Å²) in [5.74, 6) is -1.07. The summed E-state index contributed by atoms with van der Waals surface area (Å²) in [4.78, 5) is 39.5. The lowest BCUT2D eigenvalue weighted by Gasteiger charge is -2.07. The standard InChI is InChI=1S/C19H16ClN3O5/c1-27-18(26)11-2-5-13(6-3-11)22-16(24)8-9-21-17(25)12-4-7-14-15(10-12)28-19(20)23-14/h2-7,10H,8-9H2,1H3,(H,21,25)(H,22,24). The van der Waals surface area contributed by atoms with Crippen LogP contribution in [0.1, 0.15) is 27.1 Å². The molecule has 28 heavy (non-hydrogen) atoms. The molecule has 0 unspecified atom stereocenters. The molecule has 0 saturated carbocycles. The van der Waals surface area contributed by atoms with Crippen molar-refractivity contribution >= 4 is 46.2 Å².